The fourth-order valence-electron chi connectivity index (χ4n) is 1.45. The molecule has 0 aliphatic carbocycles. The predicted molar refractivity (Wildman–Crippen MR) is 45.7 cm³/mol. The highest BCUT2D eigenvalue weighted by Gasteiger charge is 2.41. The maximum absolute atomic E-state index is 9.44. The summed E-state index contributed by atoms with van der Waals surface area (Å²) in [6.45, 7) is 9.05. The molecule has 1 aliphatic rings. The van der Waals surface area contributed by atoms with Gasteiger partial charge in [-0.3, -0.25) is 0 Å². The second kappa shape index (κ2) is 3.17. The van der Waals surface area contributed by atoms with Crippen LogP contribution in [-0.4, -0.2) is 29.2 Å². The summed E-state index contributed by atoms with van der Waals surface area (Å²) in [6.07, 6.45) is 0.429. The lowest BCUT2D eigenvalue weighted by Gasteiger charge is -2.18. The van der Waals surface area contributed by atoms with Crippen LogP contribution in [0, 0.1) is 0 Å². The van der Waals surface area contributed by atoms with Crippen LogP contribution in [0.5, 0.6) is 0 Å². The van der Waals surface area contributed by atoms with E-state index in [1.165, 1.54) is 6.08 Å². The summed E-state index contributed by atoms with van der Waals surface area (Å²) in [7, 11) is 0. The molecule has 0 spiro atoms. The van der Waals surface area contributed by atoms with Gasteiger partial charge in [0, 0.05) is 0 Å². The van der Waals surface area contributed by atoms with Crippen molar-refractivity contribution in [3.8, 4) is 0 Å². The normalized spacial score (nSPS) is 36.3. The topological polar surface area (TPSA) is 38.7 Å². The van der Waals surface area contributed by atoms with E-state index in [2.05, 4.69) is 6.58 Å². The van der Waals surface area contributed by atoms with Crippen LogP contribution >= 0.6 is 0 Å². The van der Waals surface area contributed by atoms with Gasteiger partial charge in [-0.15, -0.1) is 6.58 Å². The van der Waals surface area contributed by atoms with E-state index in [-0.39, 0.29) is 12.2 Å². The molecule has 3 nitrogen and oxygen atoms in total. The molecule has 0 amide bonds. The zero-order chi connectivity index (χ0) is 9.35. The molecule has 0 radical (unpaired) electrons. The Morgan fingerprint density at radius 1 is 1.50 bits per heavy atom. The first-order valence-corrected chi connectivity index (χ1v) is 4.12. The molecule has 12 heavy (non-hydrogen) atoms. The van der Waals surface area contributed by atoms with Crippen LogP contribution in [0.3, 0.4) is 0 Å². The van der Waals surface area contributed by atoms with Crippen LogP contribution < -0.4 is 0 Å². The third kappa shape index (κ3) is 1.86. The van der Waals surface area contributed by atoms with Crippen molar-refractivity contribution in [1.29, 1.82) is 0 Å². The molecule has 3 atom stereocenters. The van der Waals surface area contributed by atoms with Crippen molar-refractivity contribution in [1.82, 2.24) is 0 Å². The minimum atomic E-state index is -0.651. The third-order valence-electron chi connectivity index (χ3n) is 1.93. The van der Waals surface area contributed by atoms with Gasteiger partial charge < -0.3 is 14.6 Å². The fraction of sp³-hybridized carbons (Fsp3) is 0.778. The molecule has 1 aliphatic heterocycles. The standard InChI is InChI=1S/C9H16O3/c1-5-7(10)8-6(2)11-9(3,4)12-8/h5-8,10H,1H2,2-4H3/t6-,7+,8+/m0/s1. The first-order chi connectivity index (χ1) is 5.46. The number of rotatable bonds is 2. The molecule has 0 saturated carbocycles. The zero-order valence-electron chi connectivity index (χ0n) is 7.78. The molecule has 1 rings (SSSR count). The molecular weight excluding hydrogens is 156 g/mol. The lowest BCUT2D eigenvalue weighted by atomic mass is 10.1. The van der Waals surface area contributed by atoms with Gasteiger partial charge in [-0.05, 0) is 20.8 Å². The lowest BCUT2D eigenvalue weighted by molar-refractivity contribution is -0.151. The van der Waals surface area contributed by atoms with Crippen molar-refractivity contribution >= 4 is 0 Å². The van der Waals surface area contributed by atoms with E-state index >= 15 is 0 Å². The van der Waals surface area contributed by atoms with E-state index in [0.29, 0.717) is 0 Å². The van der Waals surface area contributed by atoms with E-state index in [4.69, 9.17) is 9.47 Å². The van der Waals surface area contributed by atoms with Crippen molar-refractivity contribution in [3.63, 3.8) is 0 Å². The SMILES string of the molecule is C=C[C@@H](O)[C@@H]1OC(C)(C)O[C@H]1C. The van der Waals surface area contributed by atoms with Crippen LogP contribution in [-0.2, 0) is 9.47 Å². The zero-order valence-corrected chi connectivity index (χ0v) is 7.78. The van der Waals surface area contributed by atoms with Crippen LogP contribution in [0.1, 0.15) is 20.8 Å². The smallest absolute Gasteiger partial charge is 0.163 e. The molecule has 0 aromatic heterocycles. The summed E-state index contributed by atoms with van der Waals surface area (Å²) in [6, 6.07) is 0. The average molecular weight is 172 g/mol. The molecule has 0 aromatic carbocycles. The Bertz CT molecular complexity index is 177. The van der Waals surface area contributed by atoms with Crippen LogP contribution in [0.25, 0.3) is 0 Å². The summed E-state index contributed by atoms with van der Waals surface area (Å²) < 4.78 is 10.9. The minimum absolute atomic E-state index is 0.0898. The van der Waals surface area contributed by atoms with Gasteiger partial charge in [0.15, 0.2) is 5.79 Å². The van der Waals surface area contributed by atoms with E-state index < -0.39 is 11.9 Å². The Morgan fingerprint density at radius 3 is 2.42 bits per heavy atom. The summed E-state index contributed by atoms with van der Waals surface area (Å²) in [5.74, 6) is -0.589. The molecule has 3 heteroatoms. The van der Waals surface area contributed by atoms with Crippen molar-refractivity contribution in [2.45, 2.75) is 44.9 Å². The van der Waals surface area contributed by atoms with Gasteiger partial charge >= 0.3 is 0 Å². The Kier molecular flexibility index (Phi) is 2.56. The molecule has 0 bridgehead atoms. The first-order valence-electron chi connectivity index (χ1n) is 4.12. The Hall–Kier alpha value is -0.380. The van der Waals surface area contributed by atoms with Gasteiger partial charge in [0.2, 0.25) is 0 Å². The van der Waals surface area contributed by atoms with Crippen molar-refractivity contribution in [2.75, 3.05) is 0 Å². The predicted octanol–water partition coefficient (Wildman–Crippen LogP) is 1.07. The van der Waals surface area contributed by atoms with Crippen LogP contribution in [0.2, 0.25) is 0 Å². The number of aliphatic hydroxyl groups excluding tert-OH is 1. The molecule has 1 N–H and O–H groups in total. The summed E-state index contributed by atoms with van der Waals surface area (Å²) in [5, 5.41) is 9.44. The van der Waals surface area contributed by atoms with Crippen molar-refractivity contribution in [3.05, 3.63) is 12.7 Å². The quantitative estimate of drug-likeness (QED) is 0.633. The largest absolute Gasteiger partial charge is 0.386 e. The second-order valence-electron chi connectivity index (χ2n) is 3.53. The number of ether oxygens (including phenoxy) is 2. The lowest BCUT2D eigenvalue weighted by Crippen LogP contribution is -2.32. The number of hydrogen-bond donors (Lipinski definition) is 1. The van der Waals surface area contributed by atoms with Crippen molar-refractivity contribution in [2.24, 2.45) is 0 Å². The molecule has 70 valence electrons. The summed E-state index contributed by atoms with van der Waals surface area (Å²) in [4.78, 5) is 0. The van der Waals surface area contributed by atoms with Crippen molar-refractivity contribution < 1.29 is 14.6 Å². The first kappa shape index (κ1) is 9.71. The highest BCUT2D eigenvalue weighted by Crippen LogP contribution is 2.29. The number of hydrogen-bond acceptors (Lipinski definition) is 3. The Morgan fingerprint density at radius 2 is 2.08 bits per heavy atom. The average Bonchev–Trinajstić information content (AvgIpc) is 2.23. The Labute approximate surface area is 73.0 Å². The number of aliphatic hydroxyl groups is 1. The second-order valence-corrected chi connectivity index (χ2v) is 3.53. The highest BCUT2D eigenvalue weighted by molar-refractivity contribution is 4.92. The van der Waals surface area contributed by atoms with Gasteiger partial charge in [0.05, 0.1) is 6.10 Å². The molecule has 0 unspecified atom stereocenters. The van der Waals surface area contributed by atoms with E-state index in [0.717, 1.165) is 0 Å². The highest BCUT2D eigenvalue weighted by atomic mass is 16.8. The van der Waals surface area contributed by atoms with Crippen LogP contribution in [0.15, 0.2) is 12.7 Å². The molecule has 1 saturated heterocycles. The minimum Gasteiger partial charge on any atom is -0.386 e. The third-order valence-corrected chi connectivity index (χ3v) is 1.93. The molecule has 0 aromatic rings. The van der Waals surface area contributed by atoms with E-state index in [1.54, 1.807) is 0 Å². The Balaban J connectivity index is 2.63. The van der Waals surface area contributed by atoms with Gasteiger partial charge in [-0.25, -0.2) is 0 Å². The maximum atomic E-state index is 9.44. The maximum Gasteiger partial charge on any atom is 0.163 e. The van der Waals surface area contributed by atoms with Gasteiger partial charge in [-0.1, -0.05) is 6.08 Å². The summed E-state index contributed by atoms with van der Waals surface area (Å²) >= 11 is 0. The fourth-order valence-corrected chi connectivity index (χ4v) is 1.45. The monoisotopic (exact) mass is 172 g/mol. The van der Waals surface area contributed by atoms with E-state index in [9.17, 15) is 5.11 Å². The van der Waals surface area contributed by atoms with E-state index in [1.807, 2.05) is 20.8 Å². The summed E-state index contributed by atoms with van der Waals surface area (Å²) in [5.41, 5.74) is 0. The van der Waals surface area contributed by atoms with Crippen LogP contribution in [0.4, 0.5) is 0 Å². The molecule has 1 heterocycles. The van der Waals surface area contributed by atoms with Gasteiger partial charge in [0.1, 0.15) is 12.2 Å². The van der Waals surface area contributed by atoms with Gasteiger partial charge in [0.25, 0.3) is 0 Å². The molecular formula is C9H16O3. The van der Waals surface area contributed by atoms with Gasteiger partial charge in [-0.2, -0.15) is 0 Å². The molecule has 1 fully saturated rings.